The molecule has 0 amide bonds. The average molecular weight is 553 g/mol. The van der Waals surface area contributed by atoms with Crippen molar-refractivity contribution >= 4 is 25.3 Å². The summed E-state index contributed by atoms with van der Waals surface area (Å²) < 4.78 is -1.02. The Bertz CT molecular complexity index is 1270. The Morgan fingerprint density at radius 1 is 0.250 bits per heavy atom. The van der Waals surface area contributed by atoms with E-state index in [4.69, 9.17) is 0 Å². The summed E-state index contributed by atoms with van der Waals surface area (Å²) in [7, 11) is 0. The van der Waals surface area contributed by atoms with Crippen molar-refractivity contribution in [1.82, 2.24) is 0 Å². The van der Waals surface area contributed by atoms with Gasteiger partial charge in [0.15, 0.2) is 0 Å². The van der Waals surface area contributed by atoms with E-state index in [0.29, 0.717) is 0 Å². The van der Waals surface area contributed by atoms with Crippen LogP contribution in [0.1, 0.15) is 33.4 Å². The standard InChI is InChI=1S/C38H30S.H2S/c1-7-19-31(20-8-1)37(32-21-9-2-10-22-32,33-23-11-3-12-24-33)39-38(34-25-13-4-14-26-34,35-27-15-5-16-28-35)36-29-17-6-18-30-36;/h1-30H;1H2. The number of rotatable bonds is 8. The third kappa shape index (κ3) is 5.01. The van der Waals surface area contributed by atoms with Crippen molar-refractivity contribution in [3.05, 3.63) is 215 Å². The number of hydrogen-bond donors (Lipinski definition) is 0. The van der Waals surface area contributed by atoms with E-state index >= 15 is 0 Å². The van der Waals surface area contributed by atoms with Gasteiger partial charge >= 0.3 is 0 Å². The molecule has 6 rings (SSSR count). The van der Waals surface area contributed by atoms with Gasteiger partial charge in [0.05, 0.1) is 9.49 Å². The normalized spacial score (nSPS) is 11.4. The van der Waals surface area contributed by atoms with E-state index in [0.717, 1.165) is 0 Å². The lowest BCUT2D eigenvalue weighted by molar-refractivity contribution is 0.831. The fraction of sp³-hybridized carbons (Fsp3) is 0.0526. The van der Waals surface area contributed by atoms with Crippen molar-refractivity contribution in [3.63, 3.8) is 0 Å². The zero-order valence-corrected chi connectivity index (χ0v) is 24.0. The van der Waals surface area contributed by atoms with E-state index in [9.17, 15) is 0 Å². The van der Waals surface area contributed by atoms with Crippen LogP contribution in [0.15, 0.2) is 182 Å². The molecular weight excluding hydrogens is 521 g/mol. The molecule has 0 fully saturated rings. The van der Waals surface area contributed by atoms with Gasteiger partial charge in [-0.3, -0.25) is 0 Å². The minimum Gasteiger partial charge on any atom is -0.197 e. The fourth-order valence-corrected chi connectivity index (χ4v) is 7.60. The van der Waals surface area contributed by atoms with Gasteiger partial charge in [-0.15, -0.1) is 11.8 Å². The predicted molar refractivity (Wildman–Crippen MR) is 176 cm³/mol. The molecule has 0 aliphatic rings. The van der Waals surface area contributed by atoms with Gasteiger partial charge in [-0.05, 0) is 33.4 Å². The lowest BCUT2D eigenvalue weighted by atomic mass is 9.83. The van der Waals surface area contributed by atoms with Crippen molar-refractivity contribution in [1.29, 1.82) is 0 Å². The molecule has 0 bridgehead atoms. The second-order valence-electron chi connectivity index (χ2n) is 9.66. The largest absolute Gasteiger partial charge is 0.197 e. The predicted octanol–water partition coefficient (Wildman–Crippen LogP) is 9.82. The summed E-state index contributed by atoms with van der Waals surface area (Å²) in [5.74, 6) is 0. The van der Waals surface area contributed by atoms with Crippen LogP contribution in [0.2, 0.25) is 0 Å². The molecule has 0 saturated heterocycles. The van der Waals surface area contributed by atoms with Gasteiger partial charge < -0.3 is 0 Å². The first-order valence-electron chi connectivity index (χ1n) is 13.4. The Labute approximate surface area is 249 Å². The lowest BCUT2D eigenvalue weighted by Gasteiger charge is -2.45. The van der Waals surface area contributed by atoms with Crippen molar-refractivity contribution in [2.75, 3.05) is 0 Å². The lowest BCUT2D eigenvalue weighted by Crippen LogP contribution is -2.36. The molecule has 0 aliphatic carbocycles. The van der Waals surface area contributed by atoms with E-state index < -0.39 is 9.49 Å². The molecule has 0 aromatic heterocycles. The van der Waals surface area contributed by atoms with Crippen LogP contribution >= 0.6 is 25.3 Å². The van der Waals surface area contributed by atoms with Crippen LogP contribution in [0, 0.1) is 0 Å². The number of thioether (sulfide) groups is 1. The van der Waals surface area contributed by atoms with Crippen LogP contribution < -0.4 is 0 Å². The highest BCUT2D eigenvalue weighted by Gasteiger charge is 2.48. The van der Waals surface area contributed by atoms with E-state index in [1.165, 1.54) is 33.4 Å². The Morgan fingerprint density at radius 2 is 0.400 bits per heavy atom. The Hall–Kier alpha value is -3.98. The van der Waals surface area contributed by atoms with Crippen LogP contribution in [-0.4, -0.2) is 0 Å². The molecule has 0 N–H and O–H groups in total. The molecule has 40 heavy (non-hydrogen) atoms. The van der Waals surface area contributed by atoms with Crippen molar-refractivity contribution in [2.45, 2.75) is 9.49 Å². The smallest absolute Gasteiger partial charge is 0.0922 e. The first kappa shape index (κ1) is 27.6. The third-order valence-electron chi connectivity index (χ3n) is 7.39. The second-order valence-corrected chi connectivity index (χ2v) is 11.1. The quantitative estimate of drug-likeness (QED) is 0.169. The molecule has 0 heterocycles. The van der Waals surface area contributed by atoms with Gasteiger partial charge in [-0.2, -0.15) is 13.5 Å². The number of hydrogen-bond acceptors (Lipinski definition) is 1. The van der Waals surface area contributed by atoms with E-state index in [1.54, 1.807) is 0 Å². The van der Waals surface area contributed by atoms with Crippen molar-refractivity contribution in [3.8, 4) is 0 Å². The maximum atomic E-state index is 2.28. The van der Waals surface area contributed by atoms with Crippen LogP contribution in [0.5, 0.6) is 0 Å². The molecule has 0 atom stereocenters. The minimum absolute atomic E-state index is 0. The van der Waals surface area contributed by atoms with Crippen molar-refractivity contribution in [2.24, 2.45) is 0 Å². The van der Waals surface area contributed by atoms with Crippen LogP contribution in [0.3, 0.4) is 0 Å². The summed E-state index contributed by atoms with van der Waals surface area (Å²) in [5.41, 5.74) is 7.50. The molecular formula is C38H32S2. The molecule has 0 saturated carbocycles. The summed E-state index contributed by atoms with van der Waals surface area (Å²) in [5, 5.41) is 0. The molecule has 6 aromatic carbocycles. The molecule has 0 unspecified atom stereocenters. The molecule has 0 spiro atoms. The minimum atomic E-state index is -0.509. The summed E-state index contributed by atoms with van der Waals surface area (Å²) >= 11 is 2.00. The van der Waals surface area contributed by atoms with Gasteiger partial charge in [0.1, 0.15) is 0 Å². The molecule has 0 aliphatic heterocycles. The fourth-order valence-electron chi connectivity index (χ4n) is 5.62. The second kappa shape index (κ2) is 12.5. The van der Waals surface area contributed by atoms with E-state index in [2.05, 4.69) is 182 Å². The Morgan fingerprint density at radius 3 is 0.550 bits per heavy atom. The van der Waals surface area contributed by atoms with Gasteiger partial charge in [0.2, 0.25) is 0 Å². The molecule has 0 nitrogen and oxygen atoms in total. The first-order valence-corrected chi connectivity index (χ1v) is 14.2. The maximum Gasteiger partial charge on any atom is 0.0922 e. The van der Waals surface area contributed by atoms with Gasteiger partial charge in [0, 0.05) is 0 Å². The average Bonchev–Trinajstić information content (AvgIpc) is 3.04. The summed E-state index contributed by atoms with van der Waals surface area (Å²) in [6.07, 6.45) is 0. The maximum absolute atomic E-state index is 2.28. The van der Waals surface area contributed by atoms with Gasteiger partial charge in [-0.1, -0.05) is 182 Å². The van der Waals surface area contributed by atoms with Crippen LogP contribution in [0.4, 0.5) is 0 Å². The van der Waals surface area contributed by atoms with Crippen LogP contribution in [0.25, 0.3) is 0 Å². The zero-order chi connectivity index (χ0) is 26.4. The Kier molecular flexibility index (Phi) is 8.60. The molecule has 0 radical (unpaired) electrons. The topological polar surface area (TPSA) is 0 Å². The summed E-state index contributed by atoms with van der Waals surface area (Å²) in [6, 6.07) is 65.8. The highest BCUT2D eigenvalue weighted by atomic mass is 32.2. The third-order valence-corrected chi connectivity index (χ3v) is 9.41. The first-order chi connectivity index (χ1) is 19.3. The molecule has 6 aromatic rings. The van der Waals surface area contributed by atoms with E-state index in [-0.39, 0.29) is 13.5 Å². The van der Waals surface area contributed by atoms with Crippen LogP contribution in [-0.2, 0) is 9.49 Å². The zero-order valence-electron chi connectivity index (χ0n) is 22.2. The van der Waals surface area contributed by atoms with Gasteiger partial charge in [0.25, 0.3) is 0 Å². The molecule has 196 valence electrons. The summed E-state index contributed by atoms with van der Waals surface area (Å²) in [6.45, 7) is 0. The number of benzene rings is 6. The molecule has 2 heteroatoms. The van der Waals surface area contributed by atoms with E-state index in [1.807, 2.05) is 11.8 Å². The van der Waals surface area contributed by atoms with Gasteiger partial charge in [-0.25, -0.2) is 0 Å². The SMILES string of the molecule is S.c1ccc(C(SC(c2ccccc2)(c2ccccc2)c2ccccc2)(c2ccccc2)c2ccccc2)cc1. The summed E-state index contributed by atoms with van der Waals surface area (Å²) in [4.78, 5) is 0. The Balaban J connectivity index is 0.00000323. The monoisotopic (exact) mass is 552 g/mol. The highest BCUT2D eigenvalue weighted by molar-refractivity contribution is 8.02. The van der Waals surface area contributed by atoms with Crippen molar-refractivity contribution < 1.29 is 0 Å². The highest BCUT2D eigenvalue weighted by Crippen LogP contribution is 2.61.